The minimum absolute atomic E-state index is 0.115. The van der Waals surface area contributed by atoms with Crippen LogP contribution in [0.3, 0.4) is 0 Å². The second-order valence-corrected chi connectivity index (χ2v) is 8.15. The predicted molar refractivity (Wildman–Crippen MR) is 135 cm³/mol. The summed E-state index contributed by atoms with van der Waals surface area (Å²) < 4.78 is 63.5. The van der Waals surface area contributed by atoms with Crippen LogP contribution in [0, 0.1) is 5.41 Å². The third kappa shape index (κ3) is 15.8. The predicted octanol–water partition coefficient (Wildman–Crippen LogP) is 1.71. The number of nitrogens with two attached hydrogens (primary N) is 2. The standard InChI is InChI=1S/C20H26N6O2.2C2HF3O2/c1-13(19(27)25-12-15-8-10-17(18(22)23)24-11-15)26-20(28)16(21)9-7-14-5-3-2-4-6-14;2*3-2(4,5)1(6)7/h2-6,8,10-11,13,16H,7,9,12,21H2,1H3,(H3,22,23)(H,25,27)(H,26,28);2*(H,6,7)/t13-,16+;;/m0../s1. The molecule has 18 heteroatoms. The first-order chi connectivity index (χ1) is 19.2. The molecular formula is C24H28F6N6O6. The molecule has 0 saturated carbocycles. The molecule has 9 N–H and O–H groups in total. The summed E-state index contributed by atoms with van der Waals surface area (Å²) in [6.07, 6.45) is -7.43. The third-order valence-electron chi connectivity index (χ3n) is 4.73. The first-order valence-corrected chi connectivity index (χ1v) is 11.5. The number of alkyl halides is 6. The summed E-state index contributed by atoms with van der Waals surface area (Å²) in [7, 11) is 0. The van der Waals surface area contributed by atoms with Crippen LogP contribution in [0.2, 0.25) is 0 Å². The molecule has 0 unspecified atom stereocenters. The van der Waals surface area contributed by atoms with E-state index in [9.17, 15) is 35.9 Å². The molecule has 0 saturated heterocycles. The van der Waals surface area contributed by atoms with Crippen molar-refractivity contribution < 1.29 is 55.7 Å². The Morgan fingerprint density at radius 3 is 1.81 bits per heavy atom. The molecule has 1 heterocycles. The number of amides is 2. The van der Waals surface area contributed by atoms with Crippen LogP contribution in [-0.2, 0) is 32.1 Å². The molecule has 0 fully saturated rings. The van der Waals surface area contributed by atoms with Crippen molar-refractivity contribution in [3.05, 3.63) is 65.5 Å². The van der Waals surface area contributed by atoms with Gasteiger partial charge in [-0.2, -0.15) is 26.3 Å². The molecule has 42 heavy (non-hydrogen) atoms. The van der Waals surface area contributed by atoms with Gasteiger partial charge in [-0.1, -0.05) is 36.4 Å². The van der Waals surface area contributed by atoms with Crippen molar-refractivity contribution in [3.63, 3.8) is 0 Å². The zero-order chi connectivity index (χ0) is 32.7. The van der Waals surface area contributed by atoms with Crippen molar-refractivity contribution in [1.29, 1.82) is 5.41 Å². The van der Waals surface area contributed by atoms with Crippen LogP contribution >= 0.6 is 0 Å². The van der Waals surface area contributed by atoms with Gasteiger partial charge in [0.2, 0.25) is 11.8 Å². The van der Waals surface area contributed by atoms with Gasteiger partial charge in [-0.3, -0.25) is 20.0 Å². The van der Waals surface area contributed by atoms with Crippen molar-refractivity contribution in [3.8, 4) is 0 Å². The number of hydrogen-bond donors (Lipinski definition) is 7. The molecular weight excluding hydrogens is 582 g/mol. The molecule has 2 aromatic rings. The smallest absolute Gasteiger partial charge is 0.475 e. The molecule has 2 amide bonds. The summed E-state index contributed by atoms with van der Waals surface area (Å²) in [5.41, 5.74) is 13.5. The first-order valence-electron chi connectivity index (χ1n) is 11.5. The zero-order valence-electron chi connectivity index (χ0n) is 21.8. The summed E-state index contributed by atoms with van der Waals surface area (Å²) in [6, 6.07) is 11.7. The van der Waals surface area contributed by atoms with Crippen LogP contribution in [0.5, 0.6) is 0 Å². The minimum atomic E-state index is -5.08. The molecule has 0 aliphatic rings. The van der Waals surface area contributed by atoms with Crippen LogP contribution in [-0.4, -0.2) is 69.2 Å². The van der Waals surface area contributed by atoms with Gasteiger partial charge in [0.05, 0.1) is 6.04 Å². The fourth-order valence-electron chi connectivity index (χ4n) is 2.51. The van der Waals surface area contributed by atoms with E-state index >= 15 is 0 Å². The maximum Gasteiger partial charge on any atom is 0.490 e. The monoisotopic (exact) mass is 610 g/mol. The zero-order valence-corrected chi connectivity index (χ0v) is 21.8. The number of nitrogens with zero attached hydrogens (tertiary/aromatic N) is 1. The van der Waals surface area contributed by atoms with Gasteiger partial charge in [-0.15, -0.1) is 0 Å². The highest BCUT2D eigenvalue weighted by Crippen LogP contribution is 2.13. The number of hydrogen-bond acceptors (Lipinski definition) is 7. The highest BCUT2D eigenvalue weighted by atomic mass is 19.4. The number of carboxylic acids is 2. The van der Waals surface area contributed by atoms with Gasteiger partial charge >= 0.3 is 24.3 Å². The van der Waals surface area contributed by atoms with Crippen molar-refractivity contribution in [2.24, 2.45) is 11.5 Å². The second-order valence-electron chi connectivity index (χ2n) is 8.15. The number of benzene rings is 1. The van der Waals surface area contributed by atoms with Gasteiger partial charge in [0.15, 0.2) is 0 Å². The van der Waals surface area contributed by atoms with E-state index < -0.39 is 36.4 Å². The number of carboxylic acid groups (broad SMARTS) is 2. The highest BCUT2D eigenvalue weighted by Gasteiger charge is 2.38. The number of halogens is 6. The Labute approximate surface area is 234 Å². The maximum atomic E-state index is 12.2. The summed E-state index contributed by atoms with van der Waals surface area (Å²) >= 11 is 0. The first kappa shape index (κ1) is 37.3. The van der Waals surface area contributed by atoms with E-state index in [4.69, 9.17) is 36.7 Å². The van der Waals surface area contributed by atoms with E-state index in [0.717, 1.165) is 11.1 Å². The van der Waals surface area contributed by atoms with Crippen LogP contribution in [0.15, 0.2) is 48.7 Å². The van der Waals surface area contributed by atoms with Crippen LogP contribution < -0.4 is 22.1 Å². The SMILES string of the molecule is C[C@H](NC(=O)[C@H](N)CCc1ccccc1)C(=O)NCc1ccc(C(=N)N)nc1.O=C(O)C(F)(F)F.O=C(O)C(F)(F)F. The summed E-state index contributed by atoms with van der Waals surface area (Å²) in [5.74, 6) is -6.30. The van der Waals surface area contributed by atoms with E-state index in [0.29, 0.717) is 18.5 Å². The molecule has 2 atom stereocenters. The van der Waals surface area contributed by atoms with E-state index in [1.807, 2.05) is 30.3 Å². The number of amidine groups is 1. The Balaban J connectivity index is 0.000000990. The molecule has 0 aliphatic carbocycles. The Morgan fingerprint density at radius 2 is 1.40 bits per heavy atom. The summed E-state index contributed by atoms with van der Waals surface area (Å²) in [5, 5.41) is 26.9. The number of pyridine rings is 1. The number of carbonyl (C=O) groups excluding carboxylic acids is 2. The van der Waals surface area contributed by atoms with E-state index in [1.165, 1.54) is 0 Å². The molecule has 1 aromatic carbocycles. The van der Waals surface area contributed by atoms with Gasteiger partial charge in [0.25, 0.3) is 0 Å². The topological polar surface area (TPSA) is 222 Å². The van der Waals surface area contributed by atoms with Gasteiger partial charge < -0.3 is 32.3 Å². The van der Waals surface area contributed by atoms with Crippen LogP contribution in [0.25, 0.3) is 0 Å². The van der Waals surface area contributed by atoms with E-state index in [1.54, 1.807) is 25.3 Å². The van der Waals surface area contributed by atoms with Gasteiger partial charge in [0.1, 0.15) is 17.6 Å². The minimum Gasteiger partial charge on any atom is -0.475 e. The molecule has 0 aliphatic heterocycles. The average molecular weight is 611 g/mol. The number of nitrogen functional groups attached to an aromatic ring is 1. The number of aliphatic carboxylic acids is 2. The molecule has 12 nitrogen and oxygen atoms in total. The van der Waals surface area contributed by atoms with Gasteiger partial charge in [0, 0.05) is 12.7 Å². The number of aromatic nitrogens is 1. The lowest BCUT2D eigenvalue weighted by Crippen LogP contribution is -2.50. The maximum absolute atomic E-state index is 12.2. The molecule has 2 rings (SSSR count). The van der Waals surface area contributed by atoms with Crippen LogP contribution in [0.4, 0.5) is 26.3 Å². The Hall–Kier alpha value is -4.74. The number of rotatable bonds is 9. The quantitative estimate of drug-likeness (QED) is 0.125. The Kier molecular flexibility index (Phi) is 15.2. The van der Waals surface area contributed by atoms with Gasteiger partial charge in [-0.25, -0.2) is 9.59 Å². The van der Waals surface area contributed by atoms with Crippen LogP contribution in [0.1, 0.15) is 30.2 Å². The van der Waals surface area contributed by atoms with Crippen molar-refractivity contribution in [2.75, 3.05) is 0 Å². The lowest BCUT2D eigenvalue weighted by Gasteiger charge is -2.17. The summed E-state index contributed by atoms with van der Waals surface area (Å²) in [4.78, 5) is 46.2. The number of carbonyl (C=O) groups is 4. The molecule has 0 bridgehead atoms. The van der Waals surface area contributed by atoms with E-state index in [-0.39, 0.29) is 24.2 Å². The van der Waals surface area contributed by atoms with Crippen molar-refractivity contribution in [2.45, 2.75) is 50.7 Å². The van der Waals surface area contributed by atoms with Crippen molar-refractivity contribution in [1.82, 2.24) is 15.6 Å². The molecule has 0 spiro atoms. The number of aryl methyl sites for hydroxylation is 1. The van der Waals surface area contributed by atoms with Gasteiger partial charge in [-0.05, 0) is 37.0 Å². The summed E-state index contributed by atoms with van der Waals surface area (Å²) in [6.45, 7) is 1.86. The average Bonchev–Trinajstić information content (AvgIpc) is 2.90. The second kappa shape index (κ2) is 17.2. The Bertz CT molecular complexity index is 1170. The molecule has 232 valence electrons. The third-order valence-corrected chi connectivity index (χ3v) is 4.73. The van der Waals surface area contributed by atoms with Crippen molar-refractivity contribution >= 4 is 29.6 Å². The highest BCUT2D eigenvalue weighted by molar-refractivity contribution is 5.93. The lowest BCUT2D eigenvalue weighted by molar-refractivity contribution is -0.193. The fourth-order valence-corrected chi connectivity index (χ4v) is 2.51. The lowest BCUT2D eigenvalue weighted by atomic mass is 10.1. The molecule has 0 radical (unpaired) electrons. The fraction of sp³-hybridized carbons (Fsp3) is 0.333. The number of nitrogens with one attached hydrogen (secondary N) is 3. The normalized spacial score (nSPS) is 12.2. The molecule has 1 aromatic heterocycles. The largest absolute Gasteiger partial charge is 0.490 e. The van der Waals surface area contributed by atoms with E-state index in [2.05, 4.69) is 15.6 Å². The Morgan fingerprint density at radius 1 is 0.905 bits per heavy atom.